The molecule has 0 bridgehead atoms. The molecule has 2 aromatic rings. The van der Waals surface area contributed by atoms with Crippen molar-refractivity contribution in [3.63, 3.8) is 0 Å². The second-order valence-corrected chi connectivity index (χ2v) is 4.95. The summed E-state index contributed by atoms with van der Waals surface area (Å²) in [6, 6.07) is 16.5. The Balaban J connectivity index is 1.85. The summed E-state index contributed by atoms with van der Waals surface area (Å²) in [5, 5.41) is 3.13. The smallest absolute Gasteiger partial charge is 0.161 e. The van der Waals surface area contributed by atoms with Crippen LogP contribution in [0.4, 0.5) is 0 Å². The molecule has 0 aliphatic carbocycles. The average molecular weight is 285 g/mol. The summed E-state index contributed by atoms with van der Waals surface area (Å²) in [4.78, 5) is 0. The number of rotatable bonds is 8. The zero-order chi connectivity index (χ0) is 14.9. The molecule has 2 rings (SSSR count). The summed E-state index contributed by atoms with van der Waals surface area (Å²) in [6.07, 6.45) is 2.02. The maximum absolute atomic E-state index is 5.84. The van der Waals surface area contributed by atoms with E-state index in [9.17, 15) is 0 Å². The number of ether oxygens (including phenoxy) is 2. The van der Waals surface area contributed by atoms with Gasteiger partial charge >= 0.3 is 0 Å². The fraction of sp³-hybridized carbons (Fsp3) is 0.333. The van der Waals surface area contributed by atoms with Crippen molar-refractivity contribution in [2.75, 3.05) is 20.8 Å². The molecule has 0 aromatic heterocycles. The van der Waals surface area contributed by atoms with Gasteiger partial charge in [-0.25, -0.2) is 0 Å². The zero-order valence-electron chi connectivity index (χ0n) is 12.8. The predicted molar refractivity (Wildman–Crippen MR) is 86.0 cm³/mol. The first-order valence-corrected chi connectivity index (χ1v) is 7.31. The van der Waals surface area contributed by atoms with E-state index in [1.807, 2.05) is 25.2 Å². The van der Waals surface area contributed by atoms with Crippen LogP contribution < -0.4 is 14.8 Å². The lowest BCUT2D eigenvalue weighted by molar-refractivity contribution is 0.289. The van der Waals surface area contributed by atoms with E-state index in [1.54, 1.807) is 7.11 Å². The van der Waals surface area contributed by atoms with E-state index in [1.165, 1.54) is 11.1 Å². The van der Waals surface area contributed by atoms with Crippen LogP contribution in [0.2, 0.25) is 0 Å². The van der Waals surface area contributed by atoms with Crippen LogP contribution in [0.15, 0.2) is 48.5 Å². The largest absolute Gasteiger partial charge is 0.493 e. The third-order valence-electron chi connectivity index (χ3n) is 3.32. The lowest BCUT2D eigenvalue weighted by atomic mass is 10.1. The molecule has 3 nitrogen and oxygen atoms in total. The highest BCUT2D eigenvalue weighted by Crippen LogP contribution is 2.28. The normalized spacial score (nSPS) is 10.4. The van der Waals surface area contributed by atoms with Gasteiger partial charge < -0.3 is 14.8 Å². The maximum atomic E-state index is 5.84. The molecule has 0 atom stereocenters. The maximum Gasteiger partial charge on any atom is 0.161 e. The standard InChI is InChI=1S/C18H23NO2/c1-19-14-16-10-11-17(18(13-16)20-2)21-12-6-9-15-7-4-3-5-8-15/h3-5,7-8,10-11,13,19H,6,9,12,14H2,1-2H3. The SMILES string of the molecule is CNCc1ccc(OCCCc2ccccc2)c(OC)c1. The molecule has 1 N–H and O–H groups in total. The molecular formula is C18H23NO2. The monoisotopic (exact) mass is 285 g/mol. The Morgan fingerprint density at radius 2 is 1.76 bits per heavy atom. The Morgan fingerprint density at radius 3 is 2.48 bits per heavy atom. The number of hydrogen-bond acceptors (Lipinski definition) is 3. The molecule has 112 valence electrons. The molecule has 3 heteroatoms. The van der Waals surface area contributed by atoms with Crippen LogP contribution in [0.5, 0.6) is 11.5 Å². The first kappa shape index (κ1) is 15.4. The van der Waals surface area contributed by atoms with Gasteiger partial charge in [-0.2, -0.15) is 0 Å². The highest BCUT2D eigenvalue weighted by molar-refractivity contribution is 5.42. The Kier molecular flexibility index (Phi) is 6.10. The van der Waals surface area contributed by atoms with Gasteiger partial charge in [-0.1, -0.05) is 36.4 Å². The van der Waals surface area contributed by atoms with Crippen LogP contribution in [0, 0.1) is 0 Å². The first-order valence-electron chi connectivity index (χ1n) is 7.31. The van der Waals surface area contributed by atoms with Gasteiger partial charge in [-0.3, -0.25) is 0 Å². The van der Waals surface area contributed by atoms with E-state index < -0.39 is 0 Å². The molecule has 0 spiro atoms. The second kappa shape index (κ2) is 8.32. The van der Waals surface area contributed by atoms with Crippen LogP contribution in [0.3, 0.4) is 0 Å². The fourth-order valence-electron chi connectivity index (χ4n) is 2.25. The summed E-state index contributed by atoms with van der Waals surface area (Å²) in [5.74, 6) is 1.60. The van der Waals surface area contributed by atoms with E-state index in [4.69, 9.17) is 9.47 Å². The predicted octanol–water partition coefficient (Wildman–Crippen LogP) is 3.43. The molecule has 0 unspecified atom stereocenters. The molecule has 2 aromatic carbocycles. The molecule has 0 fully saturated rings. The van der Waals surface area contributed by atoms with Crippen molar-refractivity contribution in [1.29, 1.82) is 0 Å². The number of methoxy groups -OCH3 is 1. The van der Waals surface area contributed by atoms with Crippen molar-refractivity contribution in [1.82, 2.24) is 5.32 Å². The van der Waals surface area contributed by atoms with Gasteiger partial charge in [-0.05, 0) is 43.1 Å². The lowest BCUT2D eigenvalue weighted by Gasteiger charge is -2.12. The van der Waals surface area contributed by atoms with E-state index >= 15 is 0 Å². The average Bonchev–Trinajstić information content (AvgIpc) is 2.53. The van der Waals surface area contributed by atoms with E-state index in [0.29, 0.717) is 6.61 Å². The number of aryl methyl sites for hydroxylation is 1. The molecule has 0 aliphatic rings. The Labute approximate surface area is 126 Å². The van der Waals surface area contributed by atoms with Crippen molar-refractivity contribution in [2.45, 2.75) is 19.4 Å². The summed E-state index contributed by atoms with van der Waals surface area (Å²) in [5.41, 5.74) is 2.53. The highest BCUT2D eigenvalue weighted by Gasteiger charge is 2.05. The van der Waals surface area contributed by atoms with Crippen molar-refractivity contribution in [3.05, 3.63) is 59.7 Å². The Morgan fingerprint density at radius 1 is 0.952 bits per heavy atom. The minimum atomic E-state index is 0.691. The summed E-state index contributed by atoms with van der Waals surface area (Å²) in [6.45, 7) is 1.52. The van der Waals surface area contributed by atoms with E-state index in [0.717, 1.165) is 30.9 Å². The van der Waals surface area contributed by atoms with Crippen LogP contribution in [0.25, 0.3) is 0 Å². The fourth-order valence-corrected chi connectivity index (χ4v) is 2.25. The second-order valence-electron chi connectivity index (χ2n) is 4.95. The van der Waals surface area contributed by atoms with Crippen LogP contribution in [-0.2, 0) is 13.0 Å². The summed E-state index contributed by atoms with van der Waals surface area (Å²) >= 11 is 0. The quantitative estimate of drug-likeness (QED) is 0.754. The van der Waals surface area contributed by atoms with E-state index in [2.05, 4.69) is 35.6 Å². The summed E-state index contributed by atoms with van der Waals surface area (Å²) < 4.78 is 11.2. The first-order chi connectivity index (χ1) is 10.3. The minimum absolute atomic E-state index is 0.691. The third-order valence-corrected chi connectivity index (χ3v) is 3.32. The molecule has 0 amide bonds. The molecular weight excluding hydrogens is 262 g/mol. The van der Waals surface area contributed by atoms with Gasteiger partial charge in [0.15, 0.2) is 11.5 Å². The van der Waals surface area contributed by atoms with Gasteiger partial charge in [0.1, 0.15) is 0 Å². The van der Waals surface area contributed by atoms with Gasteiger partial charge in [0.05, 0.1) is 13.7 Å². The number of nitrogens with one attached hydrogen (secondary N) is 1. The van der Waals surface area contributed by atoms with Gasteiger partial charge in [0.2, 0.25) is 0 Å². The molecule has 0 radical (unpaired) electrons. The number of hydrogen-bond donors (Lipinski definition) is 1. The van der Waals surface area contributed by atoms with Crippen molar-refractivity contribution >= 4 is 0 Å². The van der Waals surface area contributed by atoms with E-state index in [-0.39, 0.29) is 0 Å². The Hall–Kier alpha value is -2.00. The van der Waals surface area contributed by atoms with Crippen LogP contribution in [0.1, 0.15) is 17.5 Å². The highest BCUT2D eigenvalue weighted by atomic mass is 16.5. The van der Waals surface area contributed by atoms with Gasteiger partial charge in [0.25, 0.3) is 0 Å². The molecule has 0 aliphatic heterocycles. The Bertz CT molecular complexity index is 540. The van der Waals surface area contributed by atoms with Crippen LogP contribution in [-0.4, -0.2) is 20.8 Å². The lowest BCUT2D eigenvalue weighted by Crippen LogP contribution is -2.06. The van der Waals surface area contributed by atoms with Crippen molar-refractivity contribution in [3.8, 4) is 11.5 Å². The number of benzene rings is 2. The summed E-state index contributed by atoms with van der Waals surface area (Å²) in [7, 11) is 3.61. The molecule has 0 heterocycles. The van der Waals surface area contributed by atoms with Gasteiger partial charge in [0, 0.05) is 6.54 Å². The zero-order valence-corrected chi connectivity index (χ0v) is 12.8. The minimum Gasteiger partial charge on any atom is -0.493 e. The van der Waals surface area contributed by atoms with Gasteiger partial charge in [-0.15, -0.1) is 0 Å². The topological polar surface area (TPSA) is 30.5 Å². The molecule has 0 saturated carbocycles. The molecule has 21 heavy (non-hydrogen) atoms. The van der Waals surface area contributed by atoms with Crippen LogP contribution >= 0.6 is 0 Å². The van der Waals surface area contributed by atoms with Crippen molar-refractivity contribution in [2.24, 2.45) is 0 Å². The molecule has 0 saturated heterocycles. The van der Waals surface area contributed by atoms with Crippen molar-refractivity contribution < 1.29 is 9.47 Å². The third kappa shape index (κ3) is 4.80.